The van der Waals surface area contributed by atoms with Gasteiger partial charge in [0.15, 0.2) is 6.10 Å². The SMILES string of the molecule is CCC(C)CCCCCCCCCCC(=O)OC[C@H](COC(=O)CCCCCCCCCCCCCCCC(C)C)OC(=O)CCCCCCCCCCCCCCC(C)C. The Hall–Kier alpha value is -1.59. The average molecular weight is 863 g/mol. The maximum Gasteiger partial charge on any atom is 0.306 e. The highest BCUT2D eigenvalue weighted by Gasteiger charge is 2.19. The Morgan fingerprint density at radius 2 is 0.574 bits per heavy atom. The minimum Gasteiger partial charge on any atom is -0.462 e. The van der Waals surface area contributed by atoms with Crippen molar-refractivity contribution in [2.75, 3.05) is 13.2 Å². The number of hydrogen-bond donors (Lipinski definition) is 0. The zero-order valence-electron chi connectivity index (χ0n) is 42.0. The summed E-state index contributed by atoms with van der Waals surface area (Å²) in [6, 6.07) is 0. The van der Waals surface area contributed by atoms with Crippen LogP contribution in [0.1, 0.15) is 298 Å². The Labute approximate surface area is 380 Å². The molecule has 0 aliphatic carbocycles. The van der Waals surface area contributed by atoms with Gasteiger partial charge < -0.3 is 14.2 Å². The number of rotatable bonds is 48. The van der Waals surface area contributed by atoms with Crippen molar-refractivity contribution >= 4 is 17.9 Å². The third kappa shape index (κ3) is 47.7. The second-order valence-electron chi connectivity index (χ2n) is 20.1. The minimum absolute atomic E-state index is 0.0644. The Kier molecular flexibility index (Phi) is 45.2. The summed E-state index contributed by atoms with van der Waals surface area (Å²) in [4.78, 5) is 38.0. The van der Waals surface area contributed by atoms with Crippen molar-refractivity contribution < 1.29 is 28.6 Å². The first kappa shape index (κ1) is 59.4. The van der Waals surface area contributed by atoms with Gasteiger partial charge in [-0.3, -0.25) is 14.4 Å². The quantitative estimate of drug-likeness (QED) is 0.0344. The lowest BCUT2D eigenvalue weighted by molar-refractivity contribution is -0.167. The number of carbonyl (C=O) groups excluding carboxylic acids is 3. The van der Waals surface area contributed by atoms with Gasteiger partial charge in [0.25, 0.3) is 0 Å². The van der Waals surface area contributed by atoms with E-state index >= 15 is 0 Å². The average Bonchev–Trinajstić information content (AvgIpc) is 3.23. The molecule has 0 saturated carbocycles. The highest BCUT2D eigenvalue weighted by Crippen LogP contribution is 2.18. The molecular formula is C55H106O6. The van der Waals surface area contributed by atoms with Crippen molar-refractivity contribution in [3.63, 3.8) is 0 Å². The van der Waals surface area contributed by atoms with Crippen LogP contribution in [0.5, 0.6) is 0 Å². The lowest BCUT2D eigenvalue weighted by atomic mass is 9.99. The second kappa shape index (κ2) is 46.4. The smallest absolute Gasteiger partial charge is 0.306 e. The van der Waals surface area contributed by atoms with Crippen molar-refractivity contribution in [1.29, 1.82) is 0 Å². The van der Waals surface area contributed by atoms with Crippen LogP contribution in [0.4, 0.5) is 0 Å². The normalized spacial score (nSPS) is 12.6. The summed E-state index contributed by atoms with van der Waals surface area (Å²) >= 11 is 0. The summed E-state index contributed by atoms with van der Waals surface area (Å²) in [7, 11) is 0. The second-order valence-corrected chi connectivity index (χ2v) is 20.1. The lowest BCUT2D eigenvalue weighted by Crippen LogP contribution is -2.30. The summed E-state index contributed by atoms with van der Waals surface area (Å²) in [6.07, 6.45) is 46.5. The van der Waals surface area contributed by atoms with Gasteiger partial charge in [-0.1, -0.05) is 260 Å². The molecule has 0 aliphatic heterocycles. The van der Waals surface area contributed by atoms with E-state index in [9.17, 15) is 14.4 Å². The number of ether oxygens (including phenoxy) is 3. The fraction of sp³-hybridized carbons (Fsp3) is 0.945. The van der Waals surface area contributed by atoms with E-state index in [-0.39, 0.29) is 31.1 Å². The molecule has 0 amide bonds. The standard InChI is InChI=1S/C55H106O6/c1-7-51(6)43-37-31-25-21-22-27-33-39-45-54(57)60-48-52(61-55(58)46-40-34-28-20-16-12-11-14-18-24-30-36-42-50(4)5)47-59-53(56)44-38-32-26-19-15-10-8-9-13-17-23-29-35-41-49(2)3/h49-52H,7-48H2,1-6H3/t51?,52-/m0/s1. The van der Waals surface area contributed by atoms with Crippen LogP contribution in [0.2, 0.25) is 0 Å². The molecular weight excluding hydrogens is 757 g/mol. The molecule has 0 saturated heterocycles. The van der Waals surface area contributed by atoms with E-state index < -0.39 is 6.10 Å². The maximum absolute atomic E-state index is 12.8. The molecule has 0 aromatic heterocycles. The van der Waals surface area contributed by atoms with Crippen LogP contribution in [-0.2, 0) is 28.6 Å². The summed E-state index contributed by atoms with van der Waals surface area (Å²) < 4.78 is 16.8. The van der Waals surface area contributed by atoms with Gasteiger partial charge in [-0.05, 0) is 37.0 Å². The number of unbranched alkanes of at least 4 members (excludes halogenated alkanes) is 30. The molecule has 0 aromatic rings. The Morgan fingerprint density at radius 1 is 0.328 bits per heavy atom. The molecule has 1 unspecified atom stereocenters. The van der Waals surface area contributed by atoms with Gasteiger partial charge in [0.05, 0.1) is 0 Å². The molecule has 0 fully saturated rings. The lowest BCUT2D eigenvalue weighted by Gasteiger charge is -2.18. The zero-order chi connectivity index (χ0) is 44.9. The van der Waals surface area contributed by atoms with Gasteiger partial charge in [-0.2, -0.15) is 0 Å². The molecule has 0 spiro atoms. The van der Waals surface area contributed by atoms with Gasteiger partial charge in [0, 0.05) is 19.3 Å². The molecule has 6 nitrogen and oxygen atoms in total. The summed E-state index contributed by atoms with van der Waals surface area (Å²) in [6.45, 7) is 13.7. The van der Waals surface area contributed by atoms with E-state index in [1.54, 1.807) is 0 Å². The molecule has 0 bridgehead atoms. The van der Waals surface area contributed by atoms with Crippen LogP contribution in [0.25, 0.3) is 0 Å². The molecule has 0 rings (SSSR count). The van der Waals surface area contributed by atoms with Crippen LogP contribution in [0, 0.1) is 17.8 Å². The molecule has 6 heteroatoms. The van der Waals surface area contributed by atoms with E-state index in [1.165, 1.54) is 180 Å². The molecule has 0 N–H and O–H groups in total. The van der Waals surface area contributed by atoms with Gasteiger partial charge in [-0.15, -0.1) is 0 Å². The largest absolute Gasteiger partial charge is 0.462 e. The maximum atomic E-state index is 12.8. The van der Waals surface area contributed by atoms with Crippen LogP contribution in [-0.4, -0.2) is 37.2 Å². The predicted molar refractivity (Wildman–Crippen MR) is 261 cm³/mol. The molecule has 61 heavy (non-hydrogen) atoms. The molecule has 0 aromatic carbocycles. The minimum atomic E-state index is -0.763. The van der Waals surface area contributed by atoms with Crippen molar-refractivity contribution in [2.45, 2.75) is 304 Å². The molecule has 362 valence electrons. The topological polar surface area (TPSA) is 78.9 Å². The van der Waals surface area contributed by atoms with E-state index in [0.717, 1.165) is 75.5 Å². The van der Waals surface area contributed by atoms with Crippen molar-refractivity contribution in [2.24, 2.45) is 17.8 Å². The molecule has 0 heterocycles. The van der Waals surface area contributed by atoms with Crippen molar-refractivity contribution in [3.05, 3.63) is 0 Å². The van der Waals surface area contributed by atoms with Gasteiger partial charge in [0.1, 0.15) is 13.2 Å². The molecule has 0 aliphatic rings. The summed E-state index contributed by atoms with van der Waals surface area (Å²) in [5.74, 6) is 1.67. The Morgan fingerprint density at radius 3 is 0.852 bits per heavy atom. The number of carbonyl (C=O) groups is 3. The van der Waals surface area contributed by atoms with Gasteiger partial charge in [0.2, 0.25) is 0 Å². The molecule has 0 radical (unpaired) electrons. The van der Waals surface area contributed by atoms with Gasteiger partial charge >= 0.3 is 17.9 Å². The van der Waals surface area contributed by atoms with Crippen LogP contribution >= 0.6 is 0 Å². The van der Waals surface area contributed by atoms with E-state index in [0.29, 0.717) is 19.3 Å². The Bertz CT molecular complexity index is 947. The first-order valence-electron chi connectivity index (χ1n) is 27.1. The summed E-state index contributed by atoms with van der Waals surface area (Å²) in [5.41, 5.74) is 0. The first-order chi connectivity index (χ1) is 29.6. The fourth-order valence-corrected chi connectivity index (χ4v) is 8.26. The van der Waals surface area contributed by atoms with Crippen molar-refractivity contribution in [1.82, 2.24) is 0 Å². The third-order valence-electron chi connectivity index (χ3n) is 12.8. The third-order valence-corrected chi connectivity index (χ3v) is 12.8. The van der Waals surface area contributed by atoms with Gasteiger partial charge in [-0.25, -0.2) is 0 Å². The summed E-state index contributed by atoms with van der Waals surface area (Å²) in [5, 5.41) is 0. The van der Waals surface area contributed by atoms with Crippen LogP contribution < -0.4 is 0 Å². The first-order valence-corrected chi connectivity index (χ1v) is 27.1. The fourth-order valence-electron chi connectivity index (χ4n) is 8.26. The van der Waals surface area contributed by atoms with E-state index in [1.807, 2.05) is 0 Å². The van der Waals surface area contributed by atoms with E-state index in [4.69, 9.17) is 14.2 Å². The highest BCUT2D eigenvalue weighted by molar-refractivity contribution is 5.71. The predicted octanol–water partition coefficient (Wildman–Crippen LogP) is 17.6. The van der Waals surface area contributed by atoms with Crippen LogP contribution in [0.3, 0.4) is 0 Å². The Balaban J connectivity index is 4.32. The van der Waals surface area contributed by atoms with E-state index in [2.05, 4.69) is 41.5 Å². The zero-order valence-corrected chi connectivity index (χ0v) is 42.0. The number of esters is 3. The monoisotopic (exact) mass is 863 g/mol. The van der Waals surface area contributed by atoms with Crippen LogP contribution in [0.15, 0.2) is 0 Å². The van der Waals surface area contributed by atoms with Crippen molar-refractivity contribution in [3.8, 4) is 0 Å². The highest BCUT2D eigenvalue weighted by atomic mass is 16.6. The molecule has 2 atom stereocenters. The number of hydrogen-bond acceptors (Lipinski definition) is 6.